The smallest absolute Gasteiger partial charge is 0.170 e. The van der Waals surface area contributed by atoms with E-state index in [2.05, 4.69) is 10.3 Å². The first-order valence-corrected chi connectivity index (χ1v) is 5.73. The molecule has 5 heteroatoms. The lowest BCUT2D eigenvalue weighted by molar-refractivity contribution is 0.505. The van der Waals surface area contributed by atoms with Gasteiger partial charge in [0, 0.05) is 24.0 Å². The highest BCUT2D eigenvalue weighted by atomic mass is 19.2. The number of benzene rings is 1. The number of halogens is 3. The Balaban J connectivity index is 2.75. The van der Waals surface area contributed by atoms with Crippen LogP contribution in [0.5, 0.6) is 0 Å². The lowest BCUT2D eigenvalue weighted by atomic mass is 10.1. The first-order chi connectivity index (χ1) is 8.54. The number of anilines is 1. The monoisotopic (exact) mass is 254 g/mol. The molecular formula is C13H13F3N2. The van der Waals surface area contributed by atoms with Gasteiger partial charge in [0.2, 0.25) is 0 Å². The molecule has 2 rings (SSSR count). The van der Waals surface area contributed by atoms with Gasteiger partial charge in [-0.15, -0.1) is 0 Å². The lowest BCUT2D eigenvalue weighted by Gasteiger charge is -2.11. The molecule has 0 aliphatic rings. The second-order valence-corrected chi connectivity index (χ2v) is 4.12. The number of aryl methyl sites for hydroxylation is 1. The highest BCUT2D eigenvalue weighted by Gasteiger charge is 2.17. The van der Waals surface area contributed by atoms with Crippen LogP contribution in [0.1, 0.15) is 19.0 Å². The zero-order chi connectivity index (χ0) is 13.3. The summed E-state index contributed by atoms with van der Waals surface area (Å²) >= 11 is 0. The average molecular weight is 254 g/mol. The molecule has 0 atom stereocenters. The SMILES string of the molecule is CCCNc1cc(C)nc2c(F)cc(F)c(F)c12. The molecular weight excluding hydrogens is 241 g/mol. The minimum atomic E-state index is -1.20. The Morgan fingerprint density at radius 2 is 1.89 bits per heavy atom. The van der Waals surface area contributed by atoms with Crippen LogP contribution in [0.3, 0.4) is 0 Å². The molecule has 1 heterocycles. The van der Waals surface area contributed by atoms with Gasteiger partial charge in [-0.3, -0.25) is 0 Å². The van der Waals surface area contributed by atoms with Crippen LogP contribution in [0.25, 0.3) is 10.9 Å². The summed E-state index contributed by atoms with van der Waals surface area (Å²) in [6, 6.07) is 2.10. The summed E-state index contributed by atoms with van der Waals surface area (Å²) in [6.45, 7) is 4.22. The lowest BCUT2D eigenvalue weighted by Crippen LogP contribution is -2.04. The van der Waals surface area contributed by atoms with Crippen molar-refractivity contribution in [1.82, 2.24) is 4.98 Å². The first kappa shape index (κ1) is 12.7. The van der Waals surface area contributed by atoms with Crippen LogP contribution in [0.2, 0.25) is 0 Å². The van der Waals surface area contributed by atoms with Crippen LogP contribution >= 0.6 is 0 Å². The summed E-state index contributed by atoms with van der Waals surface area (Å²) < 4.78 is 40.6. The van der Waals surface area contributed by atoms with Gasteiger partial charge < -0.3 is 5.32 Å². The summed E-state index contributed by atoms with van der Waals surface area (Å²) in [5.41, 5.74) is 0.772. The zero-order valence-corrected chi connectivity index (χ0v) is 10.2. The van der Waals surface area contributed by atoms with E-state index in [1.807, 2.05) is 6.92 Å². The number of hydrogen-bond donors (Lipinski definition) is 1. The number of hydrogen-bond acceptors (Lipinski definition) is 2. The van der Waals surface area contributed by atoms with Crippen LogP contribution in [-0.4, -0.2) is 11.5 Å². The van der Waals surface area contributed by atoms with E-state index < -0.39 is 17.5 Å². The van der Waals surface area contributed by atoms with E-state index in [0.717, 1.165) is 6.42 Å². The predicted molar refractivity (Wildman–Crippen MR) is 65.1 cm³/mol. The molecule has 96 valence electrons. The van der Waals surface area contributed by atoms with E-state index >= 15 is 0 Å². The quantitative estimate of drug-likeness (QED) is 0.843. The molecule has 0 saturated carbocycles. The molecule has 0 saturated heterocycles. The number of nitrogens with one attached hydrogen (secondary N) is 1. The van der Waals surface area contributed by atoms with Gasteiger partial charge in [0.25, 0.3) is 0 Å². The van der Waals surface area contributed by atoms with Crippen molar-refractivity contribution >= 4 is 16.6 Å². The number of pyridine rings is 1. The van der Waals surface area contributed by atoms with E-state index in [1.165, 1.54) is 0 Å². The van der Waals surface area contributed by atoms with E-state index in [1.54, 1.807) is 13.0 Å². The number of nitrogens with zero attached hydrogens (tertiary/aromatic N) is 1. The third-order valence-electron chi connectivity index (χ3n) is 2.62. The van der Waals surface area contributed by atoms with Gasteiger partial charge in [-0.25, -0.2) is 18.2 Å². The molecule has 18 heavy (non-hydrogen) atoms. The van der Waals surface area contributed by atoms with Crippen molar-refractivity contribution in [3.05, 3.63) is 35.3 Å². The van der Waals surface area contributed by atoms with Crippen LogP contribution in [0.4, 0.5) is 18.9 Å². The van der Waals surface area contributed by atoms with Crippen LogP contribution in [0, 0.1) is 24.4 Å². The predicted octanol–water partition coefficient (Wildman–Crippen LogP) is 3.78. The van der Waals surface area contributed by atoms with E-state index in [-0.39, 0.29) is 10.9 Å². The molecule has 1 aromatic carbocycles. The summed E-state index contributed by atoms with van der Waals surface area (Å²) in [4.78, 5) is 3.92. The van der Waals surface area contributed by atoms with E-state index in [4.69, 9.17) is 0 Å². The second kappa shape index (κ2) is 4.84. The van der Waals surface area contributed by atoms with Gasteiger partial charge in [0.15, 0.2) is 17.5 Å². The highest BCUT2D eigenvalue weighted by molar-refractivity contribution is 5.92. The molecule has 2 aromatic rings. The van der Waals surface area contributed by atoms with Crippen molar-refractivity contribution in [3.63, 3.8) is 0 Å². The zero-order valence-electron chi connectivity index (χ0n) is 10.2. The maximum Gasteiger partial charge on any atom is 0.170 e. The van der Waals surface area contributed by atoms with Gasteiger partial charge >= 0.3 is 0 Å². The number of aromatic nitrogens is 1. The second-order valence-electron chi connectivity index (χ2n) is 4.12. The topological polar surface area (TPSA) is 24.9 Å². The van der Waals surface area contributed by atoms with Crippen molar-refractivity contribution in [2.75, 3.05) is 11.9 Å². The number of fused-ring (bicyclic) bond motifs is 1. The molecule has 1 N–H and O–H groups in total. The summed E-state index contributed by atoms with van der Waals surface area (Å²) in [5, 5.41) is 2.83. The maximum absolute atomic E-state index is 13.8. The molecule has 0 unspecified atom stereocenters. The van der Waals surface area contributed by atoms with Crippen LogP contribution in [0.15, 0.2) is 12.1 Å². The molecule has 0 spiro atoms. The fourth-order valence-corrected chi connectivity index (χ4v) is 1.83. The van der Waals surface area contributed by atoms with Crippen LogP contribution in [-0.2, 0) is 0 Å². The summed E-state index contributed by atoms with van der Waals surface area (Å²) in [5.74, 6) is -3.13. The standard InChI is InChI=1S/C13H13F3N2/c1-3-4-17-10-5-7(2)18-13-9(15)6-8(14)12(16)11(10)13/h5-6H,3-4H2,1-2H3,(H,17,18). The molecule has 2 nitrogen and oxygen atoms in total. The molecule has 0 amide bonds. The van der Waals surface area contributed by atoms with Gasteiger partial charge in [0.05, 0.1) is 5.39 Å². The van der Waals surface area contributed by atoms with Gasteiger partial charge in [0.1, 0.15) is 5.52 Å². The first-order valence-electron chi connectivity index (χ1n) is 5.73. The molecule has 0 radical (unpaired) electrons. The van der Waals surface area contributed by atoms with Gasteiger partial charge in [-0.1, -0.05) is 6.92 Å². The van der Waals surface area contributed by atoms with Crippen LogP contribution < -0.4 is 5.32 Å². The maximum atomic E-state index is 13.8. The fraction of sp³-hybridized carbons (Fsp3) is 0.308. The third-order valence-corrected chi connectivity index (χ3v) is 2.62. The van der Waals surface area contributed by atoms with Crippen molar-refractivity contribution < 1.29 is 13.2 Å². The molecule has 1 aromatic heterocycles. The Hall–Kier alpha value is -1.78. The van der Waals surface area contributed by atoms with Gasteiger partial charge in [-0.2, -0.15) is 0 Å². The van der Waals surface area contributed by atoms with Crippen molar-refractivity contribution in [3.8, 4) is 0 Å². The summed E-state index contributed by atoms with van der Waals surface area (Å²) in [7, 11) is 0. The Morgan fingerprint density at radius 3 is 2.56 bits per heavy atom. The van der Waals surface area contributed by atoms with E-state index in [0.29, 0.717) is 24.0 Å². The Labute approximate surface area is 103 Å². The Bertz CT molecular complexity index is 597. The van der Waals surface area contributed by atoms with Gasteiger partial charge in [-0.05, 0) is 19.4 Å². The van der Waals surface area contributed by atoms with Crippen molar-refractivity contribution in [1.29, 1.82) is 0 Å². The fourth-order valence-electron chi connectivity index (χ4n) is 1.83. The Morgan fingerprint density at radius 1 is 1.17 bits per heavy atom. The average Bonchev–Trinajstić information content (AvgIpc) is 2.33. The normalized spacial score (nSPS) is 10.9. The molecule has 0 fully saturated rings. The summed E-state index contributed by atoms with van der Waals surface area (Å²) in [6.07, 6.45) is 0.822. The largest absolute Gasteiger partial charge is 0.384 e. The third kappa shape index (κ3) is 2.12. The highest BCUT2D eigenvalue weighted by Crippen LogP contribution is 2.29. The minimum absolute atomic E-state index is 0.133. The van der Waals surface area contributed by atoms with E-state index in [9.17, 15) is 13.2 Å². The molecule has 0 aliphatic heterocycles. The van der Waals surface area contributed by atoms with Crippen molar-refractivity contribution in [2.45, 2.75) is 20.3 Å². The number of rotatable bonds is 3. The minimum Gasteiger partial charge on any atom is -0.384 e. The Kier molecular flexibility index (Phi) is 3.41. The molecule has 0 bridgehead atoms. The van der Waals surface area contributed by atoms with Crippen molar-refractivity contribution in [2.24, 2.45) is 0 Å². The molecule has 0 aliphatic carbocycles.